The Morgan fingerprint density at radius 2 is 2.40 bits per heavy atom. The van der Waals surface area contributed by atoms with Crippen molar-refractivity contribution in [3.63, 3.8) is 0 Å². The summed E-state index contributed by atoms with van der Waals surface area (Å²) in [4.78, 5) is 1.15. The van der Waals surface area contributed by atoms with Crippen molar-refractivity contribution < 1.29 is 9.50 Å². The van der Waals surface area contributed by atoms with Crippen LogP contribution < -0.4 is 5.32 Å². The smallest absolute Gasteiger partial charge is 0.123 e. The van der Waals surface area contributed by atoms with Crippen LogP contribution in [0.1, 0.15) is 18.0 Å². The van der Waals surface area contributed by atoms with Gasteiger partial charge >= 0.3 is 0 Å². The van der Waals surface area contributed by atoms with Crippen LogP contribution in [0.15, 0.2) is 23.1 Å². The predicted molar refractivity (Wildman–Crippen MR) is 59.6 cm³/mol. The molecule has 0 fully saturated rings. The van der Waals surface area contributed by atoms with Gasteiger partial charge in [0.2, 0.25) is 0 Å². The molecule has 0 saturated heterocycles. The maximum atomic E-state index is 13.1. The quantitative estimate of drug-likeness (QED) is 0.827. The van der Waals surface area contributed by atoms with Gasteiger partial charge < -0.3 is 10.4 Å². The molecule has 0 amide bonds. The third kappa shape index (κ3) is 2.51. The van der Waals surface area contributed by atoms with Crippen LogP contribution in [-0.2, 0) is 0 Å². The molecule has 0 radical (unpaired) electrons. The molecule has 0 aliphatic carbocycles. The summed E-state index contributed by atoms with van der Waals surface area (Å²) in [5, 5.41) is 12.0. The summed E-state index contributed by atoms with van der Waals surface area (Å²) >= 11 is 1.77. The number of rotatable bonds is 3. The van der Waals surface area contributed by atoms with Crippen LogP contribution in [0.2, 0.25) is 0 Å². The number of hydrogen-bond donors (Lipinski definition) is 2. The number of nitrogens with one attached hydrogen (secondary N) is 1. The van der Waals surface area contributed by atoms with E-state index in [4.69, 9.17) is 5.11 Å². The summed E-state index contributed by atoms with van der Waals surface area (Å²) in [5.74, 6) is 0.855. The van der Waals surface area contributed by atoms with Crippen LogP contribution in [0.4, 0.5) is 4.39 Å². The van der Waals surface area contributed by atoms with Gasteiger partial charge in [-0.25, -0.2) is 4.39 Å². The summed E-state index contributed by atoms with van der Waals surface area (Å²) in [6.45, 7) is 0.680. The van der Waals surface area contributed by atoms with Gasteiger partial charge in [-0.3, -0.25) is 0 Å². The number of thioether (sulfide) groups is 1. The molecule has 1 aliphatic heterocycles. The van der Waals surface area contributed by atoms with E-state index < -0.39 is 0 Å². The van der Waals surface area contributed by atoms with E-state index in [9.17, 15) is 4.39 Å². The number of benzene rings is 1. The van der Waals surface area contributed by atoms with Gasteiger partial charge in [0.15, 0.2) is 0 Å². The number of fused-ring (bicyclic) bond motifs is 1. The van der Waals surface area contributed by atoms with Crippen molar-refractivity contribution in [2.24, 2.45) is 0 Å². The molecular formula is C11H14FNOS. The van der Waals surface area contributed by atoms with E-state index in [0.717, 1.165) is 22.6 Å². The SMILES string of the molecule is OCCNC1CCSc2ccc(F)cc21. The van der Waals surface area contributed by atoms with E-state index >= 15 is 0 Å². The fourth-order valence-corrected chi connectivity index (χ4v) is 2.92. The average Bonchev–Trinajstić information content (AvgIpc) is 2.26. The minimum atomic E-state index is -0.188. The van der Waals surface area contributed by atoms with E-state index in [1.54, 1.807) is 17.8 Å². The molecule has 1 aliphatic rings. The second-order valence-corrected chi connectivity index (χ2v) is 4.69. The van der Waals surface area contributed by atoms with Gasteiger partial charge in [0.1, 0.15) is 5.82 Å². The summed E-state index contributed by atoms with van der Waals surface area (Å²) in [6, 6.07) is 5.11. The van der Waals surface area contributed by atoms with Gasteiger partial charge in [-0.2, -0.15) is 0 Å². The number of aliphatic hydroxyl groups excluding tert-OH is 1. The van der Waals surface area contributed by atoms with Gasteiger partial charge in [-0.1, -0.05) is 0 Å². The standard InChI is InChI=1S/C11H14FNOS/c12-8-1-2-11-9(7-8)10(3-6-15-11)13-4-5-14/h1-2,7,10,13-14H,3-6H2. The lowest BCUT2D eigenvalue weighted by molar-refractivity contribution is 0.283. The van der Waals surface area contributed by atoms with Gasteiger partial charge in [0.05, 0.1) is 6.61 Å². The molecule has 1 heterocycles. The molecule has 0 spiro atoms. The fourth-order valence-electron chi connectivity index (χ4n) is 1.82. The van der Waals surface area contributed by atoms with Crippen molar-refractivity contribution in [3.05, 3.63) is 29.6 Å². The fraction of sp³-hybridized carbons (Fsp3) is 0.455. The molecule has 2 nitrogen and oxygen atoms in total. The largest absolute Gasteiger partial charge is 0.395 e. The molecule has 0 saturated carbocycles. The first-order valence-corrected chi connectivity index (χ1v) is 6.06. The Bertz CT molecular complexity index is 345. The van der Waals surface area contributed by atoms with Crippen molar-refractivity contribution in [3.8, 4) is 0 Å². The van der Waals surface area contributed by atoms with Crippen molar-refractivity contribution in [1.82, 2.24) is 5.32 Å². The molecule has 1 aromatic carbocycles. The van der Waals surface area contributed by atoms with Gasteiger partial charge in [0.25, 0.3) is 0 Å². The molecular weight excluding hydrogens is 213 g/mol. The predicted octanol–water partition coefficient (Wildman–Crippen LogP) is 1.94. The van der Waals surface area contributed by atoms with Crippen LogP contribution in [0.25, 0.3) is 0 Å². The lowest BCUT2D eigenvalue weighted by atomic mass is 10.0. The highest BCUT2D eigenvalue weighted by Gasteiger charge is 2.20. The van der Waals surface area contributed by atoms with Gasteiger partial charge in [0, 0.05) is 17.5 Å². The molecule has 2 N–H and O–H groups in total. The monoisotopic (exact) mass is 227 g/mol. The third-order valence-corrected chi connectivity index (χ3v) is 3.64. The van der Waals surface area contributed by atoms with Crippen LogP contribution in [-0.4, -0.2) is 24.0 Å². The highest BCUT2D eigenvalue weighted by Crippen LogP contribution is 2.36. The Morgan fingerprint density at radius 1 is 1.53 bits per heavy atom. The van der Waals surface area contributed by atoms with Crippen molar-refractivity contribution in [2.75, 3.05) is 18.9 Å². The molecule has 82 valence electrons. The molecule has 4 heteroatoms. The van der Waals surface area contributed by atoms with Crippen LogP contribution in [0, 0.1) is 5.82 Å². The third-order valence-electron chi connectivity index (χ3n) is 2.51. The van der Waals surface area contributed by atoms with E-state index in [2.05, 4.69) is 5.32 Å². The van der Waals surface area contributed by atoms with Crippen molar-refractivity contribution in [1.29, 1.82) is 0 Å². The van der Waals surface area contributed by atoms with E-state index in [1.807, 2.05) is 6.07 Å². The Morgan fingerprint density at radius 3 is 3.20 bits per heavy atom. The minimum Gasteiger partial charge on any atom is -0.395 e. The first-order valence-electron chi connectivity index (χ1n) is 5.08. The lowest BCUT2D eigenvalue weighted by Crippen LogP contribution is -2.27. The lowest BCUT2D eigenvalue weighted by Gasteiger charge is -2.25. The molecule has 1 aromatic rings. The Labute approximate surface area is 92.9 Å². The average molecular weight is 227 g/mol. The molecule has 0 bridgehead atoms. The minimum absolute atomic E-state index is 0.119. The van der Waals surface area contributed by atoms with Crippen LogP contribution >= 0.6 is 11.8 Å². The second kappa shape index (κ2) is 4.96. The van der Waals surface area contributed by atoms with Gasteiger partial charge in [-0.05, 0) is 35.9 Å². The topological polar surface area (TPSA) is 32.3 Å². The van der Waals surface area contributed by atoms with Crippen molar-refractivity contribution >= 4 is 11.8 Å². The number of aliphatic hydroxyl groups is 1. The zero-order valence-electron chi connectivity index (χ0n) is 8.37. The normalized spacial score (nSPS) is 20.0. The Hall–Kier alpha value is -0.580. The summed E-state index contributed by atoms with van der Waals surface area (Å²) < 4.78 is 13.1. The Kier molecular flexibility index (Phi) is 3.61. The molecule has 2 rings (SSSR count). The van der Waals surface area contributed by atoms with E-state index in [0.29, 0.717) is 6.54 Å². The van der Waals surface area contributed by atoms with Crippen molar-refractivity contribution in [2.45, 2.75) is 17.4 Å². The molecule has 15 heavy (non-hydrogen) atoms. The molecule has 1 unspecified atom stereocenters. The highest BCUT2D eigenvalue weighted by molar-refractivity contribution is 7.99. The first-order chi connectivity index (χ1) is 7.31. The zero-order valence-corrected chi connectivity index (χ0v) is 9.19. The van der Waals surface area contributed by atoms with Crippen LogP contribution in [0.3, 0.4) is 0 Å². The summed E-state index contributed by atoms with van der Waals surface area (Å²) in [6.07, 6.45) is 0.987. The van der Waals surface area contributed by atoms with E-state index in [-0.39, 0.29) is 18.5 Å². The molecule has 1 atom stereocenters. The Balaban J connectivity index is 2.20. The number of hydrogen-bond acceptors (Lipinski definition) is 3. The number of halogens is 1. The summed E-state index contributed by atoms with van der Waals surface area (Å²) in [7, 11) is 0. The van der Waals surface area contributed by atoms with Crippen LogP contribution in [0.5, 0.6) is 0 Å². The maximum absolute atomic E-state index is 13.1. The van der Waals surface area contributed by atoms with Gasteiger partial charge in [-0.15, -0.1) is 11.8 Å². The maximum Gasteiger partial charge on any atom is 0.123 e. The van der Waals surface area contributed by atoms with E-state index in [1.165, 1.54) is 6.07 Å². The summed E-state index contributed by atoms with van der Waals surface area (Å²) in [5.41, 5.74) is 1.03. The second-order valence-electron chi connectivity index (χ2n) is 3.55. The zero-order chi connectivity index (χ0) is 10.7. The first kappa shape index (κ1) is 10.9. The molecule has 0 aromatic heterocycles. The highest BCUT2D eigenvalue weighted by atomic mass is 32.2.